The molecule has 0 aliphatic carbocycles. The van der Waals surface area contributed by atoms with Crippen LogP contribution < -0.4 is 5.48 Å². The molecule has 1 N–H and O–H groups in total. The minimum atomic E-state index is -0.0723. The maximum absolute atomic E-state index is 10.5. The second kappa shape index (κ2) is 6.04. The van der Waals surface area contributed by atoms with Crippen molar-refractivity contribution >= 4 is 21.8 Å². The van der Waals surface area contributed by atoms with Gasteiger partial charge in [0.25, 0.3) is 0 Å². The van der Waals surface area contributed by atoms with Crippen LogP contribution in [0.25, 0.3) is 0 Å². The Bertz CT molecular complexity index is 87.0. The van der Waals surface area contributed by atoms with E-state index < -0.39 is 0 Å². The largest absolute Gasteiger partial charge is 0.277 e. The van der Waals surface area contributed by atoms with Crippen LogP contribution in [0.5, 0.6) is 0 Å². The number of rotatable bonds is 4. The number of hydrogen-bond donors (Lipinski definition) is 1. The summed E-state index contributed by atoms with van der Waals surface area (Å²) in [6.45, 7) is 0. The van der Waals surface area contributed by atoms with Gasteiger partial charge in [0.05, 0.1) is 7.11 Å². The number of hydrogen-bond acceptors (Lipinski definition) is 2. The molecule has 0 aliphatic heterocycles. The van der Waals surface area contributed by atoms with E-state index >= 15 is 0 Å². The van der Waals surface area contributed by atoms with Crippen LogP contribution in [0.4, 0.5) is 0 Å². The zero-order chi connectivity index (χ0) is 7.11. The van der Waals surface area contributed by atoms with E-state index in [1.807, 2.05) is 0 Å². The Morgan fingerprint density at radius 3 is 2.89 bits per heavy atom. The van der Waals surface area contributed by atoms with Crippen molar-refractivity contribution in [1.82, 2.24) is 5.48 Å². The second-order valence-electron chi connectivity index (χ2n) is 1.52. The molecule has 4 heteroatoms. The van der Waals surface area contributed by atoms with Crippen LogP contribution in [0.3, 0.4) is 0 Å². The van der Waals surface area contributed by atoms with Gasteiger partial charge >= 0.3 is 0 Å². The molecule has 0 aromatic heterocycles. The smallest absolute Gasteiger partial charge is 0.243 e. The number of carbonyl (C=O) groups is 1. The molecule has 0 atom stereocenters. The van der Waals surface area contributed by atoms with Gasteiger partial charge in [-0.15, -0.1) is 0 Å². The highest BCUT2D eigenvalue weighted by molar-refractivity contribution is 9.09. The number of alkyl halides is 1. The molecule has 0 aromatic carbocycles. The summed E-state index contributed by atoms with van der Waals surface area (Å²) >= 11 is 3.21. The number of carbonyl (C=O) groups excluding carboxylic acids is 1. The summed E-state index contributed by atoms with van der Waals surface area (Å²) in [6.07, 6.45) is 1.36. The molecule has 1 amide bonds. The van der Waals surface area contributed by atoms with Crippen molar-refractivity contribution in [2.45, 2.75) is 12.8 Å². The lowest BCUT2D eigenvalue weighted by atomic mass is 10.3. The van der Waals surface area contributed by atoms with E-state index in [-0.39, 0.29) is 5.91 Å². The van der Waals surface area contributed by atoms with E-state index in [1.54, 1.807) is 0 Å². The average Bonchev–Trinajstić information content (AvgIpc) is 1.85. The van der Waals surface area contributed by atoms with Gasteiger partial charge in [-0.1, -0.05) is 15.9 Å². The van der Waals surface area contributed by atoms with E-state index in [4.69, 9.17) is 0 Å². The van der Waals surface area contributed by atoms with Crippen molar-refractivity contribution in [3.63, 3.8) is 0 Å². The lowest BCUT2D eigenvalue weighted by Gasteiger charge is -1.97. The Morgan fingerprint density at radius 1 is 1.78 bits per heavy atom. The molecular weight excluding hydrogens is 186 g/mol. The van der Waals surface area contributed by atoms with Crippen molar-refractivity contribution in [3.05, 3.63) is 0 Å². The summed E-state index contributed by atoms with van der Waals surface area (Å²) in [5, 5.41) is 0.851. The highest BCUT2D eigenvalue weighted by atomic mass is 79.9. The van der Waals surface area contributed by atoms with Crippen molar-refractivity contribution in [1.29, 1.82) is 0 Å². The van der Waals surface area contributed by atoms with E-state index in [0.29, 0.717) is 6.42 Å². The Morgan fingerprint density at radius 2 is 2.44 bits per heavy atom. The molecule has 0 unspecified atom stereocenters. The Kier molecular flexibility index (Phi) is 5.98. The fourth-order valence-corrected chi connectivity index (χ4v) is 0.673. The standard InChI is InChI=1S/C5H10BrNO2/c1-9-7-5(8)3-2-4-6/h2-4H2,1H3,(H,7,8). The lowest BCUT2D eigenvalue weighted by molar-refractivity contribution is -0.131. The molecule has 0 aromatic rings. The molecule has 0 spiro atoms. The number of halogens is 1. The van der Waals surface area contributed by atoms with Gasteiger partial charge in [-0.2, -0.15) is 0 Å². The molecule has 0 rings (SSSR count). The fraction of sp³-hybridized carbons (Fsp3) is 0.800. The first kappa shape index (κ1) is 8.91. The summed E-state index contributed by atoms with van der Waals surface area (Å²) in [6, 6.07) is 0. The van der Waals surface area contributed by atoms with Crippen molar-refractivity contribution in [2.75, 3.05) is 12.4 Å². The molecule has 0 fully saturated rings. The summed E-state index contributed by atoms with van der Waals surface area (Å²) < 4.78 is 0. The molecule has 0 aliphatic rings. The molecule has 0 saturated heterocycles. The molecule has 0 radical (unpaired) electrons. The normalized spacial score (nSPS) is 9.11. The van der Waals surface area contributed by atoms with Gasteiger partial charge in [0.1, 0.15) is 0 Å². The molecule has 9 heavy (non-hydrogen) atoms. The first-order chi connectivity index (χ1) is 4.31. The van der Waals surface area contributed by atoms with Crippen molar-refractivity contribution in [3.8, 4) is 0 Å². The third kappa shape index (κ3) is 5.79. The van der Waals surface area contributed by atoms with Crippen LogP contribution in [0, 0.1) is 0 Å². The van der Waals surface area contributed by atoms with Gasteiger partial charge in [0.2, 0.25) is 5.91 Å². The molecule has 54 valence electrons. The van der Waals surface area contributed by atoms with Gasteiger partial charge in [-0.25, -0.2) is 5.48 Å². The van der Waals surface area contributed by atoms with Crippen LogP contribution in [-0.4, -0.2) is 18.3 Å². The Labute approximate surface area is 62.8 Å². The van der Waals surface area contributed by atoms with Crippen molar-refractivity contribution in [2.24, 2.45) is 0 Å². The predicted molar refractivity (Wildman–Crippen MR) is 38.2 cm³/mol. The summed E-state index contributed by atoms with van der Waals surface area (Å²) in [4.78, 5) is 14.9. The van der Waals surface area contributed by atoms with E-state index in [1.165, 1.54) is 7.11 Å². The average molecular weight is 196 g/mol. The van der Waals surface area contributed by atoms with Crippen molar-refractivity contribution < 1.29 is 9.63 Å². The summed E-state index contributed by atoms with van der Waals surface area (Å²) in [7, 11) is 1.42. The van der Waals surface area contributed by atoms with E-state index in [9.17, 15) is 4.79 Å². The minimum Gasteiger partial charge on any atom is -0.277 e. The number of amides is 1. The Balaban J connectivity index is 3.06. The van der Waals surface area contributed by atoms with Crippen LogP contribution in [0.2, 0.25) is 0 Å². The lowest BCUT2D eigenvalue weighted by Crippen LogP contribution is -2.21. The summed E-state index contributed by atoms with van der Waals surface area (Å²) in [5.74, 6) is -0.0723. The van der Waals surface area contributed by atoms with Crippen LogP contribution in [-0.2, 0) is 9.63 Å². The third-order valence-electron chi connectivity index (χ3n) is 0.753. The first-order valence-electron chi connectivity index (χ1n) is 2.69. The molecule has 3 nitrogen and oxygen atoms in total. The monoisotopic (exact) mass is 195 g/mol. The first-order valence-corrected chi connectivity index (χ1v) is 3.81. The quantitative estimate of drug-likeness (QED) is 0.534. The minimum absolute atomic E-state index is 0.0723. The SMILES string of the molecule is CONC(=O)CCCBr. The third-order valence-corrected chi connectivity index (χ3v) is 1.31. The maximum Gasteiger partial charge on any atom is 0.243 e. The van der Waals surface area contributed by atoms with Gasteiger partial charge in [0.15, 0.2) is 0 Å². The summed E-state index contributed by atoms with van der Waals surface area (Å²) in [5.41, 5.74) is 2.22. The molecule has 0 saturated carbocycles. The van der Waals surface area contributed by atoms with Crippen LogP contribution >= 0.6 is 15.9 Å². The Hall–Kier alpha value is -0.0900. The van der Waals surface area contributed by atoms with E-state index in [2.05, 4.69) is 26.2 Å². The fourth-order valence-electron chi connectivity index (χ4n) is 0.392. The zero-order valence-electron chi connectivity index (χ0n) is 5.32. The topological polar surface area (TPSA) is 38.3 Å². The van der Waals surface area contributed by atoms with Gasteiger partial charge in [0, 0.05) is 11.8 Å². The van der Waals surface area contributed by atoms with E-state index in [0.717, 1.165) is 11.8 Å². The van der Waals surface area contributed by atoms with Gasteiger partial charge < -0.3 is 0 Å². The number of nitrogens with one attached hydrogen (secondary N) is 1. The number of hydroxylamine groups is 1. The molecule has 0 heterocycles. The van der Waals surface area contributed by atoms with Crippen LogP contribution in [0.15, 0.2) is 0 Å². The molecule has 0 bridgehead atoms. The van der Waals surface area contributed by atoms with Gasteiger partial charge in [-0.05, 0) is 6.42 Å². The highest BCUT2D eigenvalue weighted by Crippen LogP contribution is 1.92. The second-order valence-corrected chi connectivity index (χ2v) is 2.31. The molecular formula is C5H10BrNO2. The highest BCUT2D eigenvalue weighted by Gasteiger charge is 1.96. The predicted octanol–water partition coefficient (Wildman–Crippen LogP) is 0.839. The maximum atomic E-state index is 10.5. The zero-order valence-corrected chi connectivity index (χ0v) is 6.90. The van der Waals surface area contributed by atoms with Crippen LogP contribution in [0.1, 0.15) is 12.8 Å². The van der Waals surface area contributed by atoms with Gasteiger partial charge in [-0.3, -0.25) is 9.63 Å².